The maximum Gasteiger partial charge on any atom is 0.251 e. The molecule has 0 aliphatic heterocycles. The molecule has 2 aromatic rings. The molecule has 1 aromatic carbocycles. The maximum absolute atomic E-state index is 11.9. The number of H-pyrrole nitrogens is 1. The number of benzene rings is 1. The fraction of sp³-hybridized carbons (Fsp3) is 0.412. The van der Waals surface area contributed by atoms with Crippen molar-refractivity contribution in [2.75, 3.05) is 0 Å². The van der Waals surface area contributed by atoms with Gasteiger partial charge in [0.05, 0.1) is 5.69 Å². The number of nitrogens with one attached hydrogen (secondary N) is 1. The van der Waals surface area contributed by atoms with Gasteiger partial charge in [0, 0.05) is 17.5 Å². The zero-order valence-corrected chi connectivity index (χ0v) is 12.1. The highest BCUT2D eigenvalue weighted by Gasteiger charge is 2.19. The summed E-state index contributed by atoms with van der Waals surface area (Å²) in [7, 11) is 0. The molecule has 1 N–H and O–H groups in total. The highest BCUT2D eigenvalue weighted by Crippen LogP contribution is 2.33. The quantitative estimate of drug-likeness (QED) is 0.902. The molecule has 1 aliphatic carbocycles. The first-order valence-corrected chi connectivity index (χ1v) is 7.32. The van der Waals surface area contributed by atoms with E-state index in [0.717, 1.165) is 24.1 Å². The third-order valence-corrected chi connectivity index (χ3v) is 4.03. The van der Waals surface area contributed by atoms with Crippen molar-refractivity contribution in [2.24, 2.45) is 0 Å². The minimum atomic E-state index is -0.0453. The van der Waals surface area contributed by atoms with Gasteiger partial charge >= 0.3 is 0 Å². The minimum Gasteiger partial charge on any atom is -0.307 e. The smallest absolute Gasteiger partial charge is 0.251 e. The van der Waals surface area contributed by atoms with Gasteiger partial charge < -0.3 is 4.98 Å². The summed E-state index contributed by atoms with van der Waals surface area (Å²) in [6.07, 6.45) is 4.81. The molecule has 0 unspecified atom stereocenters. The Morgan fingerprint density at radius 1 is 1.05 bits per heavy atom. The van der Waals surface area contributed by atoms with Gasteiger partial charge in [0.25, 0.3) is 5.56 Å². The Kier molecular flexibility index (Phi) is 3.43. The number of rotatable bonds is 2. The van der Waals surface area contributed by atoms with Crippen LogP contribution in [0.3, 0.4) is 0 Å². The van der Waals surface area contributed by atoms with Gasteiger partial charge in [-0.05, 0) is 38.8 Å². The summed E-state index contributed by atoms with van der Waals surface area (Å²) < 4.78 is 0. The zero-order valence-electron chi connectivity index (χ0n) is 12.1. The SMILES string of the molecule is Cc1cc(C)cc(-c2nc(C3CCCC3)cc(=O)[nH]2)c1. The molecule has 1 saturated carbocycles. The Hall–Kier alpha value is -1.90. The largest absolute Gasteiger partial charge is 0.307 e. The van der Waals surface area contributed by atoms with Crippen molar-refractivity contribution >= 4 is 0 Å². The molecule has 1 aromatic heterocycles. The molecule has 3 heteroatoms. The minimum absolute atomic E-state index is 0.0453. The number of hydrogen-bond acceptors (Lipinski definition) is 2. The standard InChI is InChI=1S/C17H20N2O/c1-11-7-12(2)9-14(8-11)17-18-15(10-16(20)19-17)13-5-3-4-6-13/h7-10,13H,3-6H2,1-2H3,(H,18,19,20). The van der Waals surface area contributed by atoms with Gasteiger partial charge in [-0.2, -0.15) is 0 Å². The van der Waals surface area contributed by atoms with Crippen LogP contribution in [0.5, 0.6) is 0 Å². The summed E-state index contributed by atoms with van der Waals surface area (Å²) >= 11 is 0. The second-order valence-corrected chi connectivity index (χ2v) is 5.88. The van der Waals surface area contributed by atoms with E-state index in [2.05, 4.69) is 37.0 Å². The van der Waals surface area contributed by atoms with Crippen molar-refractivity contribution in [1.29, 1.82) is 0 Å². The van der Waals surface area contributed by atoms with Crippen molar-refractivity contribution < 1.29 is 0 Å². The van der Waals surface area contributed by atoms with Crippen LogP contribution in [0.15, 0.2) is 29.1 Å². The molecular weight excluding hydrogens is 248 g/mol. The van der Waals surface area contributed by atoms with E-state index in [1.165, 1.54) is 24.0 Å². The van der Waals surface area contributed by atoms with Crippen LogP contribution in [0.1, 0.15) is 48.4 Å². The van der Waals surface area contributed by atoms with Gasteiger partial charge in [-0.3, -0.25) is 4.79 Å². The maximum atomic E-state index is 11.9. The Labute approximate surface area is 119 Å². The van der Waals surface area contributed by atoms with Crippen molar-refractivity contribution in [3.8, 4) is 11.4 Å². The predicted octanol–water partition coefficient (Wildman–Crippen LogP) is 3.71. The van der Waals surface area contributed by atoms with Gasteiger partial charge in [0.1, 0.15) is 5.82 Å². The van der Waals surface area contributed by atoms with Crippen LogP contribution >= 0.6 is 0 Å². The molecule has 1 heterocycles. The molecule has 1 aliphatic rings. The van der Waals surface area contributed by atoms with E-state index in [4.69, 9.17) is 4.98 Å². The fourth-order valence-corrected chi connectivity index (χ4v) is 3.16. The number of aromatic nitrogens is 2. The van der Waals surface area contributed by atoms with E-state index in [0.29, 0.717) is 11.7 Å². The van der Waals surface area contributed by atoms with Gasteiger partial charge in [-0.25, -0.2) is 4.98 Å². The fourth-order valence-electron chi connectivity index (χ4n) is 3.16. The molecule has 0 radical (unpaired) electrons. The first kappa shape index (κ1) is 13.1. The summed E-state index contributed by atoms with van der Waals surface area (Å²) in [6.45, 7) is 4.13. The summed E-state index contributed by atoms with van der Waals surface area (Å²) in [5, 5.41) is 0. The lowest BCUT2D eigenvalue weighted by molar-refractivity contribution is 0.693. The average Bonchev–Trinajstić information content (AvgIpc) is 2.90. The summed E-state index contributed by atoms with van der Waals surface area (Å²) in [4.78, 5) is 19.5. The molecule has 104 valence electrons. The summed E-state index contributed by atoms with van der Waals surface area (Å²) in [5.41, 5.74) is 4.29. The van der Waals surface area contributed by atoms with Crippen LogP contribution in [-0.2, 0) is 0 Å². The molecule has 20 heavy (non-hydrogen) atoms. The van der Waals surface area contributed by atoms with Crippen molar-refractivity contribution in [3.63, 3.8) is 0 Å². The molecular formula is C17H20N2O. The Bertz CT molecular complexity index is 661. The van der Waals surface area contributed by atoms with E-state index in [-0.39, 0.29) is 5.56 Å². The second-order valence-electron chi connectivity index (χ2n) is 5.88. The van der Waals surface area contributed by atoms with Gasteiger partial charge in [-0.1, -0.05) is 30.0 Å². The molecule has 3 rings (SSSR count). The zero-order chi connectivity index (χ0) is 14.1. The monoisotopic (exact) mass is 268 g/mol. The molecule has 0 amide bonds. The van der Waals surface area contributed by atoms with E-state index in [1.54, 1.807) is 6.07 Å². The normalized spacial score (nSPS) is 15.7. The van der Waals surface area contributed by atoms with Gasteiger partial charge in [0.15, 0.2) is 0 Å². The van der Waals surface area contributed by atoms with Crippen LogP contribution in [0.4, 0.5) is 0 Å². The summed E-state index contributed by atoms with van der Waals surface area (Å²) in [5.74, 6) is 1.16. The third kappa shape index (κ3) is 2.67. The molecule has 1 fully saturated rings. The lowest BCUT2D eigenvalue weighted by Gasteiger charge is -2.10. The summed E-state index contributed by atoms with van der Waals surface area (Å²) in [6, 6.07) is 7.94. The average molecular weight is 268 g/mol. The molecule has 0 atom stereocenters. The van der Waals surface area contributed by atoms with Crippen LogP contribution in [0.25, 0.3) is 11.4 Å². The molecule has 3 nitrogen and oxygen atoms in total. The first-order chi connectivity index (χ1) is 9.61. The van der Waals surface area contributed by atoms with Crippen molar-refractivity contribution in [3.05, 3.63) is 51.4 Å². The number of aryl methyl sites for hydroxylation is 2. The van der Waals surface area contributed by atoms with Crippen molar-refractivity contribution in [2.45, 2.75) is 45.4 Å². The van der Waals surface area contributed by atoms with Crippen LogP contribution in [0.2, 0.25) is 0 Å². The van der Waals surface area contributed by atoms with E-state index in [1.807, 2.05) is 0 Å². The van der Waals surface area contributed by atoms with Crippen LogP contribution in [0, 0.1) is 13.8 Å². The number of nitrogens with zero attached hydrogens (tertiary/aromatic N) is 1. The van der Waals surface area contributed by atoms with E-state index < -0.39 is 0 Å². The lowest BCUT2D eigenvalue weighted by Crippen LogP contribution is -2.12. The third-order valence-electron chi connectivity index (χ3n) is 4.03. The second kappa shape index (κ2) is 5.23. The highest BCUT2D eigenvalue weighted by molar-refractivity contribution is 5.57. The first-order valence-electron chi connectivity index (χ1n) is 7.32. The molecule has 0 spiro atoms. The Balaban J connectivity index is 2.06. The molecule has 0 saturated heterocycles. The van der Waals surface area contributed by atoms with E-state index in [9.17, 15) is 4.79 Å². The Morgan fingerprint density at radius 3 is 2.35 bits per heavy atom. The van der Waals surface area contributed by atoms with Gasteiger partial charge in [0.2, 0.25) is 0 Å². The highest BCUT2D eigenvalue weighted by atomic mass is 16.1. The van der Waals surface area contributed by atoms with Crippen LogP contribution < -0.4 is 5.56 Å². The van der Waals surface area contributed by atoms with Gasteiger partial charge in [-0.15, -0.1) is 0 Å². The van der Waals surface area contributed by atoms with E-state index >= 15 is 0 Å². The number of aromatic amines is 1. The van der Waals surface area contributed by atoms with Crippen molar-refractivity contribution in [1.82, 2.24) is 9.97 Å². The Morgan fingerprint density at radius 2 is 1.70 bits per heavy atom. The molecule has 0 bridgehead atoms. The lowest BCUT2D eigenvalue weighted by atomic mass is 10.0. The predicted molar refractivity (Wildman–Crippen MR) is 81.0 cm³/mol. The number of hydrogen-bond donors (Lipinski definition) is 1. The topological polar surface area (TPSA) is 45.8 Å². The van der Waals surface area contributed by atoms with Crippen LogP contribution in [-0.4, -0.2) is 9.97 Å².